The molecule has 0 bridgehead atoms. The molecule has 94 valence electrons. The Kier molecular flexibility index (Phi) is 5.20. The number of carbonyl (C=O) groups is 1. The lowest BCUT2D eigenvalue weighted by atomic mass is 9.98. The van der Waals surface area contributed by atoms with Gasteiger partial charge in [-0.25, -0.2) is 0 Å². The molecule has 0 radical (unpaired) electrons. The summed E-state index contributed by atoms with van der Waals surface area (Å²) in [5, 5.41) is 2.92. The van der Waals surface area contributed by atoms with E-state index in [2.05, 4.69) is 31.3 Å². The average molecular weight is 233 g/mol. The van der Waals surface area contributed by atoms with Gasteiger partial charge in [0.25, 0.3) is 0 Å². The number of carbonyl (C=O) groups excluding carboxylic acids is 1. The molecule has 17 heavy (non-hydrogen) atoms. The number of amides is 1. The molecule has 1 aromatic rings. The van der Waals surface area contributed by atoms with Gasteiger partial charge in [-0.15, -0.1) is 0 Å². The van der Waals surface area contributed by atoms with E-state index in [0.29, 0.717) is 18.3 Å². The summed E-state index contributed by atoms with van der Waals surface area (Å²) in [5.41, 5.74) is 2.22. The van der Waals surface area contributed by atoms with Crippen LogP contribution in [0.4, 0.5) is 5.69 Å². The van der Waals surface area contributed by atoms with E-state index in [4.69, 9.17) is 0 Å². The highest BCUT2D eigenvalue weighted by Crippen LogP contribution is 2.20. The highest BCUT2D eigenvalue weighted by atomic mass is 16.1. The molecule has 1 aromatic carbocycles. The SMILES string of the molecule is CC[C@@H](C)c1ccc(NC(=O)CC(C)C)cc1. The van der Waals surface area contributed by atoms with Crippen LogP contribution in [0.3, 0.4) is 0 Å². The maximum Gasteiger partial charge on any atom is 0.224 e. The number of hydrogen-bond donors (Lipinski definition) is 1. The van der Waals surface area contributed by atoms with Crippen molar-refractivity contribution < 1.29 is 4.79 Å². The standard InChI is InChI=1S/C15H23NO/c1-5-12(4)13-6-8-14(9-7-13)16-15(17)10-11(2)3/h6-9,11-12H,5,10H2,1-4H3,(H,16,17)/t12-/m1/s1. The van der Waals surface area contributed by atoms with Crippen LogP contribution in [0.2, 0.25) is 0 Å². The highest BCUT2D eigenvalue weighted by Gasteiger charge is 2.06. The Labute approximate surface area is 104 Å². The van der Waals surface area contributed by atoms with Gasteiger partial charge in [0.2, 0.25) is 5.91 Å². The molecule has 0 fully saturated rings. The van der Waals surface area contributed by atoms with E-state index in [9.17, 15) is 4.79 Å². The van der Waals surface area contributed by atoms with Crippen molar-refractivity contribution in [2.24, 2.45) is 5.92 Å². The molecule has 0 aliphatic carbocycles. The Morgan fingerprint density at radius 3 is 2.24 bits per heavy atom. The summed E-state index contributed by atoms with van der Waals surface area (Å²) in [6, 6.07) is 8.16. The van der Waals surface area contributed by atoms with Gasteiger partial charge in [-0.1, -0.05) is 39.8 Å². The minimum atomic E-state index is 0.0938. The van der Waals surface area contributed by atoms with Gasteiger partial charge in [0.1, 0.15) is 0 Å². The van der Waals surface area contributed by atoms with Crippen LogP contribution in [0.25, 0.3) is 0 Å². The average Bonchev–Trinajstić information content (AvgIpc) is 2.28. The van der Waals surface area contributed by atoms with E-state index in [1.54, 1.807) is 0 Å². The molecule has 0 unspecified atom stereocenters. The molecular formula is C15H23NO. The van der Waals surface area contributed by atoms with Gasteiger partial charge in [0.05, 0.1) is 0 Å². The zero-order chi connectivity index (χ0) is 12.8. The summed E-state index contributed by atoms with van der Waals surface area (Å²) in [5.74, 6) is 1.07. The minimum Gasteiger partial charge on any atom is -0.326 e. The van der Waals surface area contributed by atoms with Crippen LogP contribution in [0.15, 0.2) is 24.3 Å². The first-order valence-electron chi connectivity index (χ1n) is 6.42. The zero-order valence-corrected chi connectivity index (χ0v) is 11.3. The summed E-state index contributed by atoms with van der Waals surface area (Å²) in [4.78, 5) is 11.6. The molecule has 0 aromatic heterocycles. The number of anilines is 1. The van der Waals surface area contributed by atoms with Gasteiger partial charge < -0.3 is 5.32 Å². The van der Waals surface area contributed by atoms with Crippen molar-refractivity contribution in [1.82, 2.24) is 0 Å². The van der Waals surface area contributed by atoms with Crippen LogP contribution < -0.4 is 5.32 Å². The van der Waals surface area contributed by atoms with Crippen LogP contribution in [-0.4, -0.2) is 5.91 Å². The van der Waals surface area contributed by atoms with E-state index in [1.807, 2.05) is 26.0 Å². The summed E-state index contributed by atoms with van der Waals surface area (Å²) in [6.07, 6.45) is 1.71. The monoisotopic (exact) mass is 233 g/mol. The second kappa shape index (κ2) is 6.43. The predicted molar refractivity (Wildman–Crippen MR) is 73.2 cm³/mol. The number of hydrogen-bond acceptors (Lipinski definition) is 1. The fraction of sp³-hybridized carbons (Fsp3) is 0.533. The smallest absolute Gasteiger partial charge is 0.224 e. The largest absolute Gasteiger partial charge is 0.326 e. The van der Waals surface area contributed by atoms with Crippen LogP contribution in [0, 0.1) is 5.92 Å². The third-order valence-electron chi connectivity index (χ3n) is 2.97. The lowest BCUT2D eigenvalue weighted by Gasteiger charge is -2.11. The Morgan fingerprint density at radius 1 is 1.18 bits per heavy atom. The second-order valence-corrected chi connectivity index (χ2v) is 5.08. The first-order valence-corrected chi connectivity index (χ1v) is 6.42. The summed E-state index contributed by atoms with van der Waals surface area (Å²) in [7, 11) is 0. The summed E-state index contributed by atoms with van der Waals surface area (Å²) >= 11 is 0. The molecule has 0 saturated carbocycles. The van der Waals surface area contributed by atoms with E-state index in [-0.39, 0.29) is 5.91 Å². The van der Waals surface area contributed by atoms with Gasteiger partial charge in [-0.3, -0.25) is 4.79 Å². The first-order chi connectivity index (χ1) is 8.02. The van der Waals surface area contributed by atoms with Crippen LogP contribution in [0.1, 0.15) is 52.0 Å². The zero-order valence-electron chi connectivity index (χ0n) is 11.3. The molecule has 0 aliphatic rings. The molecule has 0 saturated heterocycles. The predicted octanol–water partition coefficient (Wildman–Crippen LogP) is 4.18. The number of rotatable bonds is 5. The Morgan fingerprint density at radius 2 is 1.76 bits per heavy atom. The van der Waals surface area contributed by atoms with E-state index >= 15 is 0 Å². The normalized spacial score (nSPS) is 12.5. The molecule has 0 aliphatic heterocycles. The second-order valence-electron chi connectivity index (χ2n) is 5.08. The fourth-order valence-corrected chi connectivity index (χ4v) is 1.71. The lowest BCUT2D eigenvalue weighted by Crippen LogP contribution is -2.13. The molecule has 1 atom stereocenters. The topological polar surface area (TPSA) is 29.1 Å². The van der Waals surface area contributed by atoms with Crippen molar-refractivity contribution in [1.29, 1.82) is 0 Å². The van der Waals surface area contributed by atoms with Crippen LogP contribution in [-0.2, 0) is 4.79 Å². The number of benzene rings is 1. The van der Waals surface area contributed by atoms with Gasteiger partial charge in [-0.2, -0.15) is 0 Å². The molecule has 2 nitrogen and oxygen atoms in total. The number of nitrogens with one attached hydrogen (secondary N) is 1. The molecule has 1 amide bonds. The van der Waals surface area contributed by atoms with Crippen LogP contribution in [0.5, 0.6) is 0 Å². The molecule has 0 heterocycles. The third-order valence-corrected chi connectivity index (χ3v) is 2.97. The van der Waals surface area contributed by atoms with Crippen molar-refractivity contribution >= 4 is 11.6 Å². The Balaban J connectivity index is 2.59. The van der Waals surface area contributed by atoms with Crippen molar-refractivity contribution in [2.45, 2.75) is 46.5 Å². The molecule has 2 heteroatoms. The van der Waals surface area contributed by atoms with Crippen molar-refractivity contribution in [3.05, 3.63) is 29.8 Å². The van der Waals surface area contributed by atoms with Gasteiger partial charge in [0, 0.05) is 12.1 Å². The maximum absolute atomic E-state index is 11.6. The molecule has 0 spiro atoms. The molecule has 1 rings (SSSR count). The Bertz CT molecular complexity index is 354. The molecule has 1 N–H and O–H groups in total. The summed E-state index contributed by atoms with van der Waals surface area (Å²) < 4.78 is 0. The fourth-order valence-electron chi connectivity index (χ4n) is 1.71. The van der Waals surface area contributed by atoms with E-state index < -0.39 is 0 Å². The van der Waals surface area contributed by atoms with Crippen LogP contribution >= 0.6 is 0 Å². The van der Waals surface area contributed by atoms with E-state index in [1.165, 1.54) is 5.56 Å². The van der Waals surface area contributed by atoms with Crippen molar-refractivity contribution in [3.8, 4) is 0 Å². The third kappa shape index (κ3) is 4.59. The maximum atomic E-state index is 11.6. The van der Waals surface area contributed by atoms with Gasteiger partial charge in [-0.05, 0) is 36.0 Å². The molecular weight excluding hydrogens is 210 g/mol. The van der Waals surface area contributed by atoms with Gasteiger partial charge >= 0.3 is 0 Å². The Hall–Kier alpha value is -1.31. The van der Waals surface area contributed by atoms with E-state index in [0.717, 1.165) is 12.1 Å². The first kappa shape index (κ1) is 13.8. The lowest BCUT2D eigenvalue weighted by molar-refractivity contribution is -0.116. The minimum absolute atomic E-state index is 0.0938. The van der Waals surface area contributed by atoms with Gasteiger partial charge in [0.15, 0.2) is 0 Å². The van der Waals surface area contributed by atoms with Crippen molar-refractivity contribution in [2.75, 3.05) is 5.32 Å². The highest BCUT2D eigenvalue weighted by molar-refractivity contribution is 5.90. The summed E-state index contributed by atoms with van der Waals surface area (Å²) in [6.45, 7) is 8.49. The van der Waals surface area contributed by atoms with Crippen molar-refractivity contribution in [3.63, 3.8) is 0 Å². The quantitative estimate of drug-likeness (QED) is 0.812.